The van der Waals surface area contributed by atoms with Gasteiger partial charge in [-0.15, -0.1) is 0 Å². The second kappa shape index (κ2) is 11.3. The van der Waals surface area contributed by atoms with Crippen LogP contribution in [0.2, 0.25) is 0 Å². The number of hydrogen-bond donors (Lipinski definition) is 0. The van der Waals surface area contributed by atoms with Crippen LogP contribution in [0.1, 0.15) is 18.1 Å². The van der Waals surface area contributed by atoms with Gasteiger partial charge in [-0.05, 0) is 70.9 Å². The van der Waals surface area contributed by atoms with Crippen molar-refractivity contribution in [3.05, 3.63) is 82.1 Å². The minimum Gasteiger partial charge on any atom is -0.490 e. The molecule has 0 amide bonds. The summed E-state index contributed by atoms with van der Waals surface area (Å²) in [7, 11) is 0. The molecule has 7 heteroatoms. The summed E-state index contributed by atoms with van der Waals surface area (Å²) in [6.45, 7) is 5.82. The summed E-state index contributed by atoms with van der Waals surface area (Å²) < 4.78 is 31.8. The molecule has 1 fully saturated rings. The number of benzene rings is 3. The Balaban J connectivity index is 1.48. The first kappa shape index (κ1) is 23.3. The predicted octanol–water partition coefficient (Wildman–Crippen LogP) is 6.15. The van der Waals surface area contributed by atoms with Gasteiger partial charge < -0.3 is 19.1 Å². The molecule has 4 rings (SSSR count). The van der Waals surface area contributed by atoms with Gasteiger partial charge in [0.05, 0.1) is 30.0 Å². The standard InChI is InChI=1S/C26H26BrFN2O3/c1-2-32-25-16-19(15-23(27)26(25)33-18-20-5-3-4-6-24(20)28)17-29-21-7-9-22(10-8-21)30-11-13-31-14-12-30/h3-10,15-17H,2,11-14,18H2,1H3. The Labute approximate surface area is 201 Å². The quantitative estimate of drug-likeness (QED) is 0.339. The highest BCUT2D eigenvalue weighted by Crippen LogP contribution is 2.37. The van der Waals surface area contributed by atoms with E-state index in [1.54, 1.807) is 24.4 Å². The van der Waals surface area contributed by atoms with Crippen LogP contribution in [-0.2, 0) is 11.3 Å². The zero-order valence-electron chi connectivity index (χ0n) is 18.5. The van der Waals surface area contributed by atoms with Crippen molar-refractivity contribution < 1.29 is 18.6 Å². The fourth-order valence-corrected chi connectivity index (χ4v) is 4.13. The van der Waals surface area contributed by atoms with Gasteiger partial charge in [-0.1, -0.05) is 18.2 Å². The van der Waals surface area contributed by atoms with Gasteiger partial charge in [0, 0.05) is 30.6 Å². The highest BCUT2D eigenvalue weighted by atomic mass is 79.9. The SMILES string of the molecule is CCOc1cc(C=Nc2ccc(N3CCOCC3)cc2)cc(Br)c1OCc1ccccc1F. The van der Waals surface area contributed by atoms with Crippen molar-refractivity contribution in [1.82, 2.24) is 0 Å². The number of anilines is 1. The van der Waals surface area contributed by atoms with Crippen LogP contribution in [0.5, 0.6) is 11.5 Å². The molecule has 0 saturated carbocycles. The minimum absolute atomic E-state index is 0.105. The third kappa shape index (κ3) is 6.12. The third-order valence-corrected chi connectivity index (χ3v) is 5.84. The second-order valence-corrected chi connectivity index (χ2v) is 8.37. The maximum atomic E-state index is 13.9. The molecule has 1 aliphatic heterocycles. The van der Waals surface area contributed by atoms with E-state index in [4.69, 9.17) is 14.2 Å². The summed E-state index contributed by atoms with van der Waals surface area (Å²) in [5.74, 6) is 0.814. The van der Waals surface area contributed by atoms with Crippen molar-refractivity contribution in [2.45, 2.75) is 13.5 Å². The van der Waals surface area contributed by atoms with Gasteiger partial charge in [0.2, 0.25) is 0 Å². The van der Waals surface area contributed by atoms with E-state index >= 15 is 0 Å². The van der Waals surface area contributed by atoms with E-state index < -0.39 is 0 Å². The van der Waals surface area contributed by atoms with Crippen LogP contribution in [0.4, 0.5) is 15.8 Å². The van der Waals surface area contributed by atoms with E-state index in [1.165, 1.54) is 11.8 Å². The Morgan fingerprint density at radius 1 is 1.06 bits per heavy atom. The molecule has 1 aliphatic rings. The first-order chi connectivity index (χ1) is 16.1. The first-order valence-electron chi connectivity index (χ1n) is 10.9. The minimum atomic E-state index is -0.296. The summed E-state index contributed by atoms with van der Waals surface area (Å²) >= 11 is 3.56. The zero-order chi connectivity index (χ0) is 23.0. The van der Waals surface area contributed by atoms with Gasteiger partial charge in [-0.25, -0.2) is 4.39 Å². The molecular weight excluding hydrogens is 487 g/mol. The van der Waals surface area contributed by atoms with Gasteiger partial charge in [0.15, 0.2) is 11.5 Å². The van der Waals surface area contributed by atoms with Crippen LogP contribution in [-0.4, -0.2) is 39.1 Å². The van der Waals surface area contributed by atoms with Gasteiger partial charge >= 0.3 is 0 Å². The highest BCUT2D eigenvalue weighted by molar-refractivity contribution is 9.10. The van der Waals surface area contributed by atoms with E-state index in [0.717, 1.165) is 37.6 Å². The fraction of sp³-hybridized carbons (Fsp3) is 0.269. The Morgan fingerprint density at radius 3 is 2.55 bits per heavy atom. The lowest BCUT2D eigenvalue weighted by Gasteiger charge is -2.28. The molecule has 0 aromatic heterocycles. The molecule has 0 aliphatic carbocycles. The van der Waals surface area contributed by atoms with Gasteiger partial charge in [-0.3, -0.25) is 4.99 Å². The number of ether oxygens (including phenoxy) is 3. The molecule has 0 N–H and O–H groups in total. The monoisotopic (exact) mass is 512 g/mol. The van der Waals surface area contributed by atoms with Crippen LogP contribution in [0.3, 0.4) is 0 Å². The molecule has 33 heavy (non-hydrogen) atoms. The molecule has 1 heterocycles. The Hall–Kier alpha value is -2.90. The van der Waals surface area contributed by atoms with E-state index in [1.807, 2.05) is 31.2 Å². The number of morpholine rings is 1. The van der Waals surface area contributed by atoms with Crippen LogP contribution in [0.15, 0.2) is 70.1 Å². The molecule has 0 spiro atoms. The van der Waals surface area contributed by atoms with Crippen molar-refractivity contribution in [1.29, 1.82) is 0 Å². The summed E-state index contributed by atoms with van der Waals surface area (Å²) in [6.07, 6.45) is 1.79. The van der Waals surface area contributed by atoms with E-state index in [2.05, 4.69) is 38.0 Å². The maximum absolute atomic E-state index is 13.9. The molecular formula is C26H26BrFN2O3. The third-order valence-electron chi connectivity index (χ3n) is 5.25. The first-order valence-corrected chi connectivity index (χ1v) is 11.7. The lowest BCUT2D eigenvalue weighted by Crippen LogP contribution is -2.36. The Bertz CT molecular complexity index is 1100. The maximum Gasteiger partial charge on any atom is 0.175 e. The summed E-state index contributed by atoms with van der Waals surface area (Å²) in [4.78, 5) is 6.91. The molecule has 172 valence electrons. The van der Waals surface area contributed by atoms with Crippen LogP contribution in [0.25, 0.3) is 0 Å². The summed E-state index contributed by atoms with van der Waals surface area (Å²) in [6, 6.07) is 18.5. The number of nitrogens with zero attached hydrogens (tertiary/aromatic N) is 2. The second-order valence-electron chi connectivity index (χ2n) is 7.52. The van der Waals surface area contributed by atoms with Gasteiger partial charge in [0.1, 0.15) is 12.4 Å². The van der Waals surface area contributed by atoms with Gasteiger partial charge in [-0.2, -0.15) is 0 Å². The molecule has 5 nitrogen and oxygen atoms in total. The molecule has 0 unspecified atom stereocenters. The van der Waals surface area contributed by atoms with E-state index in [0.29, 0.717) is 28.1 Å². The topological polar surface area (TPSA) is 43.3 Å². The number of rotatable bonds is 8. The van der Waals surface area contributed by atoms with Gasteiger partial charge in [0.25, 0.3) is 0 Å². The normalized spacial score (nSPS) is 14.0. The largest absolute Gasteiger partial charge is 0.490 e. The van der Waals surface area contributed by atoms with Crippen LogP contribution < -0.4 is 14.4 Å². The lowest BCUT2D eigenvalue weighted by molar-refractivity contribution is 0.122. The molecule has 0 atom stereocenters. The Kier molecular flexibility index (Phi) is 7.96. The lowest BCUT2D eigenvalue weighted by atomic mass is 10.2. The summed E-state index contributed by atoms with van der Waals surface area (Å²) in [5.41, 5.74) is 3.38. The van der Waals surface area contributed by atoms with Crippen molar-refractivity contribution in [2.75, 3.05) is 37.8 Å². The zero-order valence-corrected chi connectivity index (χ0v) is 20.1. The fourth-order valence-electron chi connectivity index (χ4n) is 3.55. The Morgan fingerprint density at radius 2 is 1.82 bits per heavy atom. The van der Waals surface area contributed by atoms with Crippen molar-refractivity contribution in [3.63, 3.8) is 0 Å². The number of halogens is 2. The predicted molar refractivity (Wildman–Crippen MR) is 133 cm³/mol. The van der Waals surface area contributed by atoms with E-state index in [-0.39, 0.29) is 12.4 Å². The number of hydrogen-bond acceptors (Lipinski definition) is 5. The van der Waals surface area contributed by atoms with E-state index in [9.17, 15) is 4.39 Å². The molecule has 0 radical (unpaired) electrons. The van der Waals surface area contributed by atoms with Crippen LogP contribution in [0, 0.1) is 5.82 Å². The van der Waals surface area contributed by atoms with Crippen molar-refractivity contribution in [2.24, 2.45) is 4.99 Å². The van der Waals surface area contributed by atoms with Crippen molar-refractivity contribution >= 4 is 33.5 Å². The smallest absolute Gasteiger partial charge is 0.175 e. The molecule has 3 aromatic rings. The molecule has 0 bridgehead atoms. The number of aliphatic imine (C=N–C) groups is 1. The molecule has 3 aromatic carbocycles. The highest BCUT2D eigenvalue weighted by Gasteiger charge is 2.14. The summed E-state index contributed by atoms with van der Waals surface area (Å²) in [5, 5.41) is 0. The van der Waals surface area contributed by atoms with Crippen LogP contribution >= 0.6 is 15.9 Å². The average molecular weight is 513 g/mol. The van der Waals surface area contributed by atoms with Crippen molar-refractivity contribution in [3.8, 4) is 11.5 Å². The molecule has 1 saturated heterocycles. The average Bonchev–Trinajstić information content (AvgIpc) is 2.84.